The summed E-state index contributed by atoms with van der Waals surface area (Å²) < 4.78 is 25.8. The van der Waals surface area contributed by atoms with E-state index in [2.05, 4.69) is 5.32 Å². The number of halogens is 1. The number of carbonyl (C=O) groups is 3. The van der Waals surface area contributed by atoms with E-state index in [0.717, 1.165) is 11.0 Å². The van der Waals surface area contributed by atoms with Gasteiger partial charge in [-0.2, -0.15) is 0 Å². The van der Waals surface area contributed by atoms with Gasteiger partial charge in [0.25, 0.3) is 11.8 Å². The second kappa shape index (κ2) is 8.93. The summed E-state index contributed by atoms with van der Waals surface area (Å²) in [5.74, 6) is -1.77. The summed E-state index contributed by atoms with van der Waals surface area (Å²) in [5.41, 5.74) is -0.815. The van der Waals surface area contributed by atoms with Crippen LogP contribution in [0.2, 0.25) is 0 Å². The number of rotatable bonds is 6. The molecule has 0 spiro atoms. The monoisotopic (exact) mass is 435 g/mol. The molecule has 3 amide bonds. The van der Waals surface area contributed by atoms with Crippen LogP contribution in [0.5, 0.6) is 5.75 Å². The number of likely N-dealkylation sites (tertiary alicyclic amines) is 1. The number of aliphatic hydroxyl groups is 1. The van der Waals surface area contributed by atoms with E-state index in [1.54, 1.807) is 20.8 Å². The van der Waals surface area contributed by atoms with Gasteiger partial charge in [-0.3, -0.25) is 14.5 Å². The predicted molar refractivity (Wildman–Crippen MR) is 109 cm³/mol. The summed E-state index contributed by atoms with van der Waals surface area (Å²) in [4.78, 5) is 38.9. The molecular weight excluding hydrogens is 409 g/mol. The number of hydrogen-bond donors (Lipinski definition) is 2. The summed E-state index contributed by atoms with van der Waals surface area (Å²) in [6, 6.07) is 4.20. The lowest BCUT2D eigenvalue weighted by molar-refractivity contribution is -0.137. The normalized spacial score (nSPS) is 19.0. The standard InChI is InChI=1S/C21H26FN3O6/c1-21(2,3)31-20(29)24-8-7-13(12-24)30-16-6-4-5-14(22)18(16)23-15-11-17(27)25(9-10-26)19(15)28/h4-6,11,13,23,26H,7-10,12H2,1-3H3. The molecule has 0 bridgehead atoms. The Balaban J connectivity index is 1.70. The number of aliphatic hydroxyl groups excluding tert-OH is 1. The number of hydrogen-bond acceptors (Lipinski definition) is 7. The molecule has 2 aliphatic rings. The molecule has 2 N–H and O–H groups in total. The first-order valence-electron chi connectivity index (χ1n) is 9.97. The van der Waals surface area contributed by atoms with E-state index >= 15 is 0 Å². The molecule has 168 valence electrons. The maximum Gasteiger partial charge on any atom is 0.410 e. The van der Waals surface area contributed by atoms with Crippen LogP contribution in [0.3, 0.4) is 0 Å². The Morgan fingerprint density at radius 1 is 1.32 bits per heavy atom. The molecule has 1 aromatic rings. The molecule has 31 heavy (non-hydrogen) atoms. The van der Waals surface area contributed by atoms with Crippen LogP contribution in [-0.4, -0.2) is 70.8 Å². The van der Waals surface area contributed by atoms with Crippen molar-refractivity contribution >= 4 is 23.6 Å². The average molecular weight is 435 g/mol. The third-order valence-corrected chi connectivity index (χ3v) is 4.66. The summed E-state index contributed by atoms with van der Waals surface area (Å²) in [5, 5.41) is 11.6. The number of nitrogens with zero attached hydrogens (tertiary/aromatic N) is 2. The molecule has 3 rings (SSSR count). The van der Waals surface area contributed by atoms with Crippen molar-refractivity contribution < 1.29 is 33.4 Å². The minimum atomic E-state index is -0.666. The van der Waals surface area contributed by atoms with E-state index in [1.165, 1.54) is 23.1 Å². The van der Waals surface area contributed by atoms with Crippen LogP contribution in [0.25, 0.3) is 0 Å². The summed E-state index contributed by atoms with van der Waals surface area (Å²) in [6.45, 7) is 5.54. The van der Waals surface area contributed by atoms with Crippen LogP contribution in [0, 0.1) is 5.82 Å². The van der Waals surface area contributed by atoms with Gasteiger partial charge >= 0.3 is 6.09 Å². The van der Waals surface area contributed by atoms with Crippen molar-refractivity contribution in [3.63, 3.8) is 0 Å². The number of anilines is 1. The fourth-order valence-electron chi connectivity index (χ4n) is 3.26. The fourth-order valence-corrected chi connectivity index (χ4v) is 3.26. The van der Waals surface area contributed by atoms with Gasteiger partial charge < -0.3 is 24.8 Å². The highest BCUT2D eigenvalue weighted by Gasteiger charge is 2.33. The maximum absolute atomic E-state index is 14.5. The van der Waals surface area contributed by atoms with Crippen LogP contribution >= 0.6 is 0 Å². The Bertz CT molecular complexity index is 911. The van der Waals surface area contributed by atoms with Crippen molar-refractivity contribution in [2.75, 3.05) is 31.6 Å². The van der Waals surface area contributed by atoms with Gasteiger partial charge in [0.2, 0.25) is 0 Å². The average Bonchev–Trinajstić information content (AvgIpc) is 3.24. The van der Waals surface area contributed by atoms with Crippen molar-refractivity contribution in [3.05, 3.63) is 35.8 Å². The fraction of sp³-hybridized carbons (Fsp3) is 0.476. The highest BCUT2D eigenvalue weighted by Crippen LogP contribution is 2.32. The Morgan fingerprint density at radius 3 is 2.74 bits per heavy atom. The zero-order chi connectivity index (χ0) is 22.8. The number of para-hydroxylation sites is 1. The molecule has 1 fully saturated rings. The molecule has 2 heterocycles. The van der Waals surface area contributed by atoms with Gasteiger partial charge in [0.05, 0.1) is 19.7 Å². The maximum atomic E-state index is 14.5. The molecule has 1 aromatic carbocycles. The predicted octanol–water partition coefficient (Wildman–Crippen LogP) is 1.87. The van der Waals surface area contributed by atoms with Crippen molar-refractivity contribution in [2.24, 2.45) is 0 Å². The van der Waals surface area contributed by atoms with E-state index in [-0.39, 0.29) is 36.8 Å². The first-order chi connectivity index (χ1) is 14.6. The number of carbonyl (C=O) groups excluding carboxylic acids is 3. The molecule has 0 saturated carbocycles. The Labute approximate surface area is 179 Å². The first-order valence-corrected chi connectivity index (χ1v) is 9.97. The lowest BCUT2D eigenvalue weighted by atomic mass is 10.2. The molecule has 1 atom stereocenters. The Hall–Kier alpha value is -3.14. The zero-order valence-corrected chi connectivity index (χ0v) is 17.7. The minimum absolute atomic E-state index is 0.0866. The van der Waals surface area contributed by atoms with Gasteiger partial charge in [-0.1, -0.05) is 6.07 Å². The van der Waals surface area contributed by atoms with Crippen molar-refractivity contribution in [1.29, 1.82) is 0 Å². The molecular formula is C21H26FN3O6. The Morgan fingerprint density at radius 2 is 2.06 bits per heavy atom. The van der Waals surface area contributed by atoms with Gasteiger partial charge in [0.15, 0.2) is 0 Å². The lowest BCUT2D eigenvalue weighted by Crippen LogP contribution is -2.36. The number of imide groups is 1. The van der Waals surface area contributed by atoms with Gasteiger partial charge in [-0.15, -0.1) is 0 Å². The molecule has 0 radical (unpaired) electrons. The van der Waals surface area contributed by atoms with Crippen molar-refractivity contribution in [2.45, 2.75) is 38.9 Å². The smallest absolute Gasteiger partial charge is 0.410 e. The van der Waals surface area contributed by atoms with Crippen LogP contribution < -0.4 is 10.1 Å². The van der Waals surface area contributed by atoms with E-state index in [9.17, 15) is 18.8 Å². The Kier molecular flexibility index (Phi) is 6.49. The molecule has 10 heteroatoms. The number of β-amino-alcohol motifs (C(OH)–C–C–N with tert-alkyl or cyclic N) is 1. The summed E-state index contributed by atoms with van der Waals surface area (Å²) in [6.07, 6.45) is 0.740. The van der Waals surface area contributed by atoms with Gasteiger partial charge in [0, 0.05) is 19.0 Å². The first kappa shape index (κ1) is 22.5. The van der Waals surface area contributed by atoms with Crippen molar-refractivity contribution in [3.8, 4) is 5.75 Å². The molecule has 0 aliphatic carbocycles. The van der Waals surface area contributed by atoms with Crippen LogP contribution in [0.1, 0.15) is 27.2 Å². The second-order valence-corrected chi connectivity index (χ2v) is 8.27. The number of amides is 3. The number of benzene rings is 1. The number of ether oxygens (including phenoxy) is 2. The van der Waals surface area contributed by atoms with Gasteiger partial charge in [0.1, 0.15) is 34.7 Å². The largest absolute Gasteiger partial charge is 0.486 e. The molecule has 1 saturated heterocycles. The molecule has 1 unspecified atom stereocenters. The molecule has 9 nitrogen and oxygen atoms in total. The molecule has 0 aromatic heterocycles. The van der Waals surface area contributed by atoms with Crippen LogP contribution in [-0.2, 0) is 14.3 Å². The van der Waals surface area contributed by atoms with Crippen molar-refractivity contribution in [1.82, 2.24) is 9.80 Å². The molecule has 2 aliphatic heterocycles. The highest BCUT2D eigenvalue weighted by molar-refractivity contribution is 6.17. The van der Waals surface area contributed by atoms with E-state index in [0.29, 0.717) is 13.0 Å². The summed E-state index contributed by atoms with van der Waals surface area (Å²) >= 11 is 0. The van der Waals surface area contributed by atoms with Crippen LogP contribution in [0.4, 0.5) is 14.9 Å². The lowest BCUT2D eigenvalue weighted by Gasteiger charge is -2.24. The highest BCUT2D eigenvalue weighted by atomic mass is 19.1. The van der Waals surface area contributed by atoms with E-state index in [1.807, 2.05) is 0 Å². The minimum Gasteiger partial charge on any atom is -0.486 e. The summed E-state index contributed by atoms with van der Waals surface area (Å²) in [7, 11) is 0. The van der Waals surface area contributed by atoms with Gasteiger partial charge in [-0.05, 0) is 32.9 Å². The van der Waals surface area contributed by atoms with E-state index < -0.39 is 35.4 Å². The topological polar surface area (TPSA) is 108 Å². The van der Waals surface area contributed by atoms with E-state index in [4.69, 9.17) is 14.6 Å². The zero-order valence-electron chi connectivity index (χ0n) is 17.7. The quantitative estimate of drug-likeness (QED) is 0.657. The second-order valence-electron chi connectivity index (χ2n) is 8.27. The van der Waals surface area contributed by atoms with Gasteiger partial charge in [-0.25, -0.2) is 9.18 Å². The van der Waals surface area contributed by atoms with Crippen LogP contribution in [0.15, 0.2) is 30.0 Å². The third-order valence-electron chi connectivity index (χ3n) is 4.66. The third kappa shape index (κ3) is 5.32. The SMILES string of the molecule is CC(C)(C)OC(=O)N1CCC(Oc2cccc(F)c2NC2=CC(=O)N(CCO)C2=O)C1. The number of nitrogens with one attached hydrogen (secondary N) is 1.